The van der Waals surface area contributed by atoms with Crippen LogP contribution in [0.2, 0.25) is 0 Å². The second-order valence-corrected chi connectivity index (χ2v) is 8.32. The lowest BCUT2D eigenvalue weighted by atomic mass is 10.4. The Morgan fingerprint density at radius 1 is 1.61 bits per heavy atom. The molecular formula is C10H14BrN3O2S2. The minimum atomic E-state index is -3.11. The highest BCUT2D eigenvalue weighted by molar-refractivity contribution is 9.10. The molecule has 5 nitrogen and oxygen atoms in total. The number of hydrogen-bond acceptors (Lipinski definition) is 6. The van der Waals surface area contributed by atoms with Crippen molar-refractivity contribution >= 4 is 43.3 Å². The van der Waals surface area contributed by atoms with E-state index in [1.807, 2.05) is 4.90 Å². The summed E-state index contributed by atoms with van der Waals surface area (Å²) >= 11 is 5.05. The Morgan fingerprint density at radius 3 is 3.06 bits per heavy atom. The van der Waals surface area contributed by atoms with Crippen molar-refractivity contribution < 1.29 is 8.42 Å². The van der Waals surface area contributed by atoms with Crippen molar-refractivity contribution in [1.82, 2.24) is 9.97 Å². The Kier molecular flexibility index (Phi) is 4.50. The first-order valence-corrected chi connectivity index (χ1v) is 9.24. The first-order valence-electron chi connectivity index (χ1n) is 5.57. The fourth-order valence-electron chi connectivity index (χ4n) is 1.83. The van der Waals surface area contributed by atoms with E-state index in [9.17, 15) is 8.42 Å². The van der Waals surface area contributed by atoms with Crippen molar-refractivity contribution in [2.24, 2.45) is 0 Å². The van der Waals surface area contributed by atoms with Gasteiger partial charge in [0.1, 0.15) is 17.5 Å². The lowest BCUT2D eigenvalue weighted by Gasteiger charge is -2.35. The largest absolute Gasteiger partial charge is 0.337 e. The van der Waals surface area contributed by atoms with Gasteiger partial charge in [-0.2, -0.15) is 11.8 Å². The average molecular weight is 352 g/mol. The maximum Gasteiger partial charge on any atom is 0.171 e. The molecular weight excluding hydrogens is 338 g/mol. The summed E-state index contributed by atoms with van der Waals surface area (Å²) in [5.41, 5.74) is 0. The van der Waals surface area contributed by atoms with Gasteiger partial charge in [0, 0.05) is 30.0 Å². The van der Waals surface area contributed by atoms with Crippen LogP contribution in [0.3, 0.4) is 0 Å². The van der Waals surface area contributed by atoms with Gasteiger partial charge in [0.05, 0.1) is 4.47 Å². The van der Waals surface area contributed by atoms with Crippen LogP contribution < -0.4 is 4.90 Å². The molecule has 0 saturated carbocycles. The zero-order valence-corrected chi connectivity index (χ0v) is 13.1. The van der Waals surface area contributed by atoms with Gasteiger partial charge in [-0.05, 0) is 15.9 Å². The molecule has 1 aliphatic heterocycles. The van der Waals surface area contributed by atoms with Crippen molar-refractivity contribution in [3.63, 3.8) is 0 Å². The number of sulfone groups is 1. The Morgan fingerprint density at radius 2 is 2.39 bits per heavy atom. The van der Waals surface area contributed by atoms with Crippen LogP contribution in [0.15, 0.2) is 17.0 Å². The summed E-state index contributed by atoms with van der Waals surface area (Å²) in [5, 5.41) is -0.493. The van der Waals surface area contributed by atoms with E-state index in [0.29, 0.717) is 18.1 Å². The van der Waals surface area contributed by atoms with Crippen molar-refractivity contribution in [3.05, 3.63) is 17.0 Å². The molecule has 0 aliphatic carbocycles. The van der Waals surface area contributed by atoms with Crippen LogP contribution in [0.5, 0.6) is 0 Å². The molecule has 0 aromatic carbocycles. The zero-order valence-electron chi connectivity index (χ0n) is 9.91. The second kappa shape index (κ2) is 5.75. The number of nitrogens with zero attached hydrogens (tertiary/aromatic N) is 3. The third-order valence-corrected chi connectivity index (χ3v) is 6.67. The summed E-state index contributed by atoms with van der Waals surface area (Å²) in [6, 6.07) is 0. The SMILES string of the molecule is CCS(=O)(=O)C1CSCCN1c1ncncc1Br. The quantitative estimate of drug-likeness (QED) is 0.823. The predicted molar refractivity (Wildman–Crippen MR) is 77.7 cm³/mol. The van der Waals surface area contributed by atoms with Gasteiger partial charge in [-0.1, -0.05) is 6.92 Å². The van der Waals surface area contributed by atoms with Crippen LogP contribution in [0, 0.1) is 0 Å². The Labute approximate surface area is 119 Å². The normalized spacial score (nSPS) is 21.0. The maximum atomic E-state index is 12.1. The number of rotatable bonds is 3. The van der Waals surface area contributed by atoms with Gasteiger partial charge in [-0.25, -0.2) is 18.4 Å². The van der Waals surface area contributed by atoms with Crippen molar-refractivity contribution in [2.75, 3.05) is 28.7 Å². The van der Waals surface area contributed by atoms with E-state index in [1.54, 1.807) is 24.9 Å². The topological polar surface area (TPSA) is 63.2 Å². The summed E-state index contributed by atoms with van der Waals surface area (Å²) in [6.45, 7) is 2.37. The summed E-state index contributed by atoms with van der Waals surface area (Å²) in [7, 11) is -3.11. The molecule has 2 rings (SSSR count). The molecule has 0 bridgehead atoms. The van der Waals surface area contributed by atoms with Gasteiger partial charge < -0.3 is 4.90 Å². The van der Waals surface area contributed by atoms with Crippen LogP contribution in [0.4, 0.5) is 5.82 Å². The van der Waals surface area contributed by atoms with Gasteiger partial charge in [0.2, 0.25) is 0 Å². The molecule has 1 fully saturated rings. The fourth-order valence-corrected chi connectivity index (χ4v) is 5.25. The molecule has 1 aromatic heterocycles. The van der Waals surface area contributed by atoms with Crippen LogP contribution in [-0.2, 0) is 9.84 Å². The lowest BCUT2D eigenvalue weighted by molar-refractivity contribution is 0.578. The molecule has 1 saturated heterocycles. The first-order chi connectivity index (χ1) is 8.56. The van der Waals surface area contributed by atoms with Gasteiger partial charge >= 0.3 is 0 Å². The predicted octanol–water partition coefficient (Wildman–Crippen LogP) is 1.55. The number of aromatic nitrogens is 2. The van der Waals surface area contributed by atoms with Gasteiger partial charge in [-0.15, -0.1) is 0 Å². The van der Waals surface area contributed by atoms with E-state index in [-0.39, 0.29) is 5.75 Å². The molecule has 8 heteroatoms. The molecule has 1 atom stereocenters. The molecule has 100 valence electrons. The highest BCUT2D eigenvalue weighted by Crippen LogP contribution is 2.30. The molecule has 1 unspecified atom stereocenters. The Balaban J connectivity index is 2.38. The van der Waals surface area contributed by atoms with E-state index in [2.05, 4.69) is 25.9 Å². The van der Waals surface area contributed by atoms with Crippen molar-refractivity contribution in [2.45, 2.75) is 12.3 Å². The van der Waals surface area contributed by atoms with Crippen LogP contribution >= 0.6 is 27.7 Å². The highest BCUT2D eigenvalue weighted by Gasteiger charge is 2.34. The van der Waals surface area contributed by atoms with Crippen LogP contribution in [0.1, 0.15) is 6.92 Å². The van der Waals surface area contributed by atoms with Gasteiger partial charge in [0.15, 0.2) is 9.84 Å². The molecule has 1 aromatic rings. The molecule has 1 aliphatic rings. The van der Waals surface area contributed by atoms with E-state index < -0.39 is 15.2 Å². The van der Waals surface area contributed by atoms with E-state index in [1.165, 1.54) is 6.33 Å². The molecule has 2 heterocycles. The van der Waals surface area contributed by atoms with Crippen molar-refractivity contribution in [3.8, 4) is 0 Å². The van der Waals surface area contributed by atoms with Gasteiger partial charge in [0.25, 0.3) is 0 Å². The smallest absolute Gasteiger partial charge is 0.171 e. The van der Waals surface area contributed by atoms with Gasteiger partial charge in [-0.3, -0.25) is 0 Å². The fraction of sp³-hybridized carbons (Fsp3) is 0.600. The number of thioether (sulfide) groups is 1. The standard InChI is InChI=1S/C10H14BrN3O2S2/c1-2-18(15,16)9-6-17-4-3-14(9)10-8(11)5-12-7-13-10/h5,7,9H,2-4,6H2,1H3. The van der Waals surface area contributed by atoms with E-state index in [0.717, 1.165) is 10.2 Å². The third kappa shape index (κ3) is 2.80. The lowest BCUT2D eigenvalue weighted by Crippen LogP contribution is -2.48. The highest BCUT2D eigenvalue weighted by atomic mass is 79.9. The molecule has 18 heavy (non-hydrogen) atoms. The van der Waals surface area contributed by atoms with Crippen molar-refractivity contribution in [1.29, 1.82) is 0 Å². The Bertz CT molecular complexity index is 524. The van der Waals surface area contributed by atoms with Crippen LogP contribution in [0.25, 0.3) is 0 Å². The monoisotopic (exact) mass is 351 g/mol. The molecule has 0 radical (unpaired) electrons. The number of hydrogen-bond donors (Lipinski definition) is 0. The van der Waals surface area contributed by atoms with E-state index in [4.69, 9.17) is 0 Å². The number of halogens is 1. The molecule has 0 amide bonds. The van der Waals surface area contributed by atoms with Crippen LogP contribution in [-0.4, -0.2) is 47.6 Å². The minimum Gasteiger partial charge on any atom is -0.337 e. The summed E-state index contributed by atoms with van der Waals surface area (Å²) in [6.07, 6.45) is 3.08. The third-order valence-electron chi connectivity index (χ3n) is 2.82. The first kappa shape index (κ1) is 14.1. The molecule has 0 spiro atoms. The Hall–Kier alpha value is -0.340. The number of anilines is 1. The van der Waals surface area contributed by atoms with E-state index >= 15 is 0 Å². The second-order valence-electron chi connectivity index (χ2n) is 3.87. The molecule has 0 N–H and O–H groups in total. The summed E-state index contributed by atoms with van der Waals surface area (Å²) in [5.74, 6) is 2.31. The zero-order chi connectivity index (χ0) is 13.2. The minimum absolute atomic E-state index is 0.150. The summed E-state index contributed by atoms with van der Waals surface area (Å²) < 4.78 is 25.0. The average Bonchev–Trinajstić information content (AvgIpc) is 2.39. The summed E-state index contributed by atoms with van der Waals surface area (Å²) in [4.78, 5) is 9.96. The maximum absolute atomic E-state index is 12.1.